The van der Waals surface area contributed by atoms with Crippen LogP contribution in [0.25, 0.3) is 0 Å². The number of piperazine rings is 1. The zero-order valence-electron chi connectivity index (χ0n) is 14.1. The third-order valence-corrected chi connectivity index (χ3v) is 5.38. The molecule has 0 spiro atoms. The Morgan fingerprint density at radius 2 is 2.15 bits per heavy atom. The molecule has 0 aromatic heterocycles. The fourth-order valence-corrected chi connectivity index (χ4v) is 3.84. The molecule has 1 fully saturated rings. The number of benzene rings is 2. The number of carbonyl (C=O) groups excluding carboxylic acids is 1. The minimum atomic E-state index is -0.450. The summed E-state index contributed by atoms with van der Waals surface area (Å²) in [6.07, 6.45) is 1.77. The average molecular weight is 392 g/mol. The van der Waals surface area contributed by atoms with Crippen molar-refractivity contribution in [3.63, 3.8) is 0 Å². The largest absolute Gasteiger partial charge is 0.329 e. The zero-order valence-corrected chi connectivity index (χ0v) is 15.7. The first kappa shape index (κ1) is 18.7. The van der Waals surface area contributed by atoms with Crippen LogP contribution in [-0.2, 0) is 0 Å². The molecular formula is C18H18ClN3O3S. The third-order valence-electron chi connectivity index (χ3n) is 4.36. The summed E-state index contributed by atoms with van der Waals surface area (Å²) in [4.78, 5) is 26.2. The summed E-state index contributed by atoms with van der Waals surface area (Å²) in [5, 5.41) is 15.2. The topological polar surface area (TPSA) is 75.5 Å². The van der Waals surface area contributed by atoms with E-state index in [0.717, 1.165) is 5.56 Å². The molecule has 8 heteroatoms. The Kier molecular flexibility index (Phi) is 5.80. The molecule has 1 heterocycles. The minimum Gasteiger partial charge on any atom is -0.329 e. The van der Waals surface area contributed by atoms with E-state index in [9.17, 15) is 14.9 Å². The molecule has 0 bridgehead atoms. The van der Waals surface area contributed by atoms with E-state index in [4.69, 9.17) is 11.6 Å². The van der Waals surface area contributed by atoms with Gasteiger partial charge in [-0.15, -0.1) is 11.8 Å². The van der Waals surface area contributed by atoms with Gasteiger partial charge < -0.3 is 10.2 Å². The van der Waals surface area contributed by atoms with Gasteiger partial charge >= 0.3 is 0 Å². The number of carbonyl (C=O) groups is 1. The van der Waals surface area contributed by atoms with Gasteiger partial charge in [-0.3, -0.25) is 14.9 Å². The molecule has 1 atom stereocenters. The Morgan fingerprint density at radius 3 is 2.85 bits per heavy atom. The number of nitro groups is 1. The van der Waals surface area contributed by atoms with Crippen LogP contribution in [0.2, 0.25) is 5.02 Å². The number of rotatable bonds is 4. The number of halogens is 1. The van der Waals surface area contributed by atoms with Gasteiger partial charge in [-0.2, -0.15) is 0 Å². The van der Waals surface area contributed by atoms with Crippen molar-refractivity contribution < 1.29 is 9.72 Å². The molecule has 1 aliphatic rings. The third kappa shape index (κ3) is 3.85. The van der Waals surface area contributed by atoms with E-state index in [2.05, 4.69) is 5.32 Å². The number of nitro benzene ring substituents is 1. The molecule has 2 aromatic rings. The second-order valence-corrected chi connectivity index (χ2v) is 7.20. The SMILES string of the molecule is CSc1ccc(C(=O)N2CCNCC2c2cccc(Cl)c2)cc1[N+](=O)[O-]. The second kappa shape index (κ2) is 8.07. The van der Waals surface area contributed by atoms with E-state index in [1.54, 1.807) is 29.4 Å². The molecule has 2 aromatic carbocycles. The van der Waals surface area contributed by atoms with Gasteiger partial charge in [-0.1, -0.05) is 23.7 Å². The summed E-state index contributed by atoms with van der Waals surface area (Å²) in [5.74, 6) is -0.216. The van der Waals surface area contributed by atoms with Gasteiger partial charge in [0.05, 0.1) is 15.9 Å². The van der Waals surface area contributed by atoms with Crippen LogP contribution in [0.1, 0.15) is 22.0 Å². The molecular weight excluding hydrogens is 374 g/mol. The van der Waals surface area contributed by atoms with E-state index >= 15 is 0 Å². The first-order chi connectivity index (χ1) is 12.5. The zero-order chi connectivity index (χ0) is 18.7. The maximum absolute atomic E-state index is 13.1. The monoisotopic (exact) mass is 391 g/mol. The number of nitrogens with one attached hydrogen (secondary N) is 1. The van der Waals surface area contributed by atoms with E-state index in [-0.39, 0.29) is 17.6 Å². The Balaban J connectivity index is 1.94. The summed E-state index contributed by atoms with van der Waals surface area (Å²) >= 11 is 7.38. The lowest BCUT2D eigenvalue weighted by molar-refractivity contribution is -0.387. The number of hydrogen-bond acceptors (Lipinski definition) is 5. The molecule has 0 aliphatic carbocycles. The fraction of sp³-hybridized carbons (Fsp3) is 0.278. The number of nitrogens with zero attached hydrogens (tertiary/aromatic N) is 2. The van der Waals surface area contributed by atoms with Gasteiger partial charge in [0.25, 0.3) is 11.6 Å². The lowest BCUT2D eigenvalue weighted by atomic mass is 10.0. The van der Waals surface area contributed by atoms with Crippen LogP contribution < -0.4 is 5.32 Å². The van der Waals surface area contributed by atoms with Crippen LogP contribution >= 0.6 is 23.4 Å². The Bertz CT molecular complexity index is 846. The molecule has 1 N–H and O–H groups in total. The Morgan fingerprint density at radius 1 is 1.35 bits per heavy atom. The molecule has 1 amide bonds. The molecule has 0 saturated carbocycles. The van der Waals surface area contributed by atoms with Crippen LogP contribution in [0.3, 0.4) is 0 Å². The van der Waals surface area contributed by atoms with Crippen molar-refractivity contribution in [2.45, 2.75) is 10.9 Å². The average Bonchev–Trinajstić information content (AvgIpc) is 2.66. The number of amides is 1. The summed E-state index contributed by atoms with van der Waals surface area (Å²) in [5.41, 5.74) is 1.22. The summed E-state index contributed by atoms with van der Waals surface area (Å²) in [6.45, 7) is 1.80. The van der Waals surface area contributed by atoms with Crippen molar-refractivity contribution in [3.8, 4) is 0 Å². The second-order valence-electron chi connectivity index (χ2n) is 5.92. The van der Waals surface area contributed by atoms with E-state index < -0.39 is 4.92 Å². The van der Waals surface area contributed by atoms with Gasteiger partial charge in [0, 0.05) is 36.3 Å². The van der Waals surface area contributed by atoms with Crippen molar-refractivity contribution in [2.75, 3.05) is 25.9 Å². The summed E-state index contributed by atoms with van der Waals surface area (Å²) in [6, 6.07) is 11.9. The first-order valence-electron chi connectivity index (χ1n) is 8.11. The van der Waals surface area contributed by atoms with Crippen molar-refractivity contribution >= 4 is 35.0 Å². The number of thioether (sulfide) groups is 1. The van der Waals surface area contributed by atoms with Gasteiger partial charge in [-0.25, -0.2) is 0 Å². The van der Waals surface area contributed by atoms with E-state index in [1.165, 1.54) is 17.8 Å². The normalized spacial score (nSPS) is 17.2. The molecule has 136 valence electrons. The maximum Gasteiger partial charge on any atom is 0.283 e. The Hall–Kier alpha value is -2.09. The minimum absolute atomic E-state index is 0.0437. The first-order valence-corrected chi connectivity index (χ1v) is 9.71. The highest BCUT2D eigenvalue weighted by atomic mass is 35.5. The van der Waals surface area contributed by atoms with Crippen LogP contribution in [0.15, 0.2) is 47.4 Å². The van der Waals surface area contributed by atoms with Crippen molar-refractivity contribution in [1.29, 1.82) is 0 Å². The fourth-order valence-electron chi connectivity index (χ4n) is 3.09. The van der Waals surface area contributed by atoms with Crippen molar-refractivity contribution in [3.05, 3.63) is 68.7 Å². The van der Waals surface area contributed by atoms with Crippen LogP contribution in [0.5, 0.6) is 0 Å². The van der Waals surface area contributed by atoms with E-state index in [0.29, 0.717) is 35.1 Å². The molecule has 26 heavy (non-hydrogen) atoms. The van der Waals surface area contributed by atoms with Gasteiger partial charge in [0.2, 0.25) is 0 Å². The van der Waals surface area contributed by atoms with Gasteiger partial charge in [0.15, 0.2) is 0 Å². The predicted octanol–water partition coefficient (Wildman–Crippen LogP) is 3.76. The number of hydrogen-bond donors (Lipinski definition) is 1. The van der Waals surface area contributed by atoms with Gasteiger partial charge in [-0.05, 0) is 36.1 Å². The highest BCUT2D eigenvalue weighted by Crippen LogP contribution is 2.31. The highest BCUT2D eigenvalue weighted by molar-refractivity contribution is 7.98. The molecule has 0 radical (unpaired) electrons. The summed E-state index contributed by atoms with van der Waals surface area (Å²) < 4.78 is 0. The predicted molar refractivity (Wildman–Crippen MR) is 103 cm³/mol. The molecule has 1 unspecified atom stereocenters. The molecule has 3 rings (SSSR count). The van der Waals surface area contributed by atoms with E-state index in [1.807, 2.05) is 18.2 Å². The Labute approximate surface area is 160 Å². The summed E-state index contributed by atoms with van der Waals surface area (Å²) in [7, 11) is 0. The molecule has 1 saturated heterocycles. The van der Waals surface area contributed by atoms with Crippen molar-refractivity contribution in [2.24, 2.45) is 0 Å². The van der Waals surface area contributed by atoms with Gasteiger partial charge in [0.1, 0.15) is 0 Å². The lowest BCUT2D eigenvalue weighted by Crippen LogP contribution is -2.48. The van der Waals surface area contributed by atoms with Crippen LogP contribution in [0.4, 0.5) is 5.69 Å². The maximum atomic E-state index is 13.1. The van der Waals surface area contributed by atoms with Crippen molar-refractivity contribution in [1.82, 2.24) is 10.2 Å². The standard InChI is InChI=1S/C18H18ClN3O3S/c1-26-17-6-5-13(10-15(17)22(24)25)18(23)21-8-7-20-11-16(21)12-3-2-4-14(19)9-12/h2-6,9-10,16,20H,7-8,11H2,1H3. The smallest absolute Gasteiger partial charge is 0.283 e. The quantitative estimate of drug-likeness (QED) is 0.488. The van der Waals surface area contributed by atoms with Crippen LogP contribution in [0, 0.1) is 10.1 Å². The molecule has 6 nitrogen and oxygen atoms in total. The van der Waals surface area contributed by atoms with Crippen LogP contribution in [-0.4, -0.2) is 41.6 Å². The lowest BCUT2D eigenvalue weighted by Gasteiger charge is -2.36. The highest BCUT2D eigenvalue weighted by Gasteiger charge is 2.30. The molecule has 1 aliphatic heterocycles.